The van der Waals surface area contributed by atoms with E-state index in [-0.39, 0.29) is 37.2 Å². The van der Waals surface area contributed by atoms with Gasteiger partial charge in [0.2, 0.25) is 0 Å². The fraction of sp³-hybridized carbons (Fsp3) is 0.744. The second kappa shape index (κ2) is 24.0. The maximum absolute atomic E-state index is 13.6. The molecule has 2 heterocycles. The summed E-state index contributed by atoms with van der Waals surface area (Å²) in [6, 6.07) is 10.2. The Bertz CT molecular complexity index is 1180. The van der Waals surface area contributed by atoms with Crippen molar-refractivity contribution < 1.29 is 18.9 Å². The van der Waals surface area contributed by atoms with Crippen molar-refractivity contribution in [2.45, 2.75) is 174 Å². The summed E-state index contributed by atoms with van der Waals surface area (Å²) in [6.45, 7) is 7.95. The monoisotopic (exact) mass is 656 g/mol. The van der Waals surface area contributed by atoms with Crippen molar-refractivity contribution in [3.05, 3.63) is 68.5 Å². The summed E-state index contributed by atoms with van der Waals surface area (Å²) in [4.78, 5) is 29.0. The number of H-pyrrole nitrogens is 1. The molecular formula is C39H64N2O6. The molecule has 1 aliphatic rings. The molecule has 47 heavy (non-hydrogen) atoms. The van der Waals surface area contributed by atoms with Crippen LogP contribution in [-0.4, -0.2) is 41.3 Å². The van der Waals surface area contributed by atoms with Crippen molar-refractivity contribution in [2.75, 3.05) is 13.2 Å². The molecular weight excluding hydrogens is 592 g/mol. The third-order valence-corrected chi connectivity index (χ3v) is 9.37. The zero-order valence-electron chi connectivity index (χ0n) is 29.7. The molecule has 3 rings (SSSR count). The molecule has 266 valence electrons. The van der Waals surface area contributed by atoms with E-state index >= 15 is 0 Å². The maximum Gasteiger partial charge on any atom is 0.328 e. The van der Waals surface area contributed by atoms with Crippen molar-refractivity contribution in [3.63, 3.8) is 0 Å². The topological polar surface area (TPSA) is 91.8 Å². The van der Waals surface area contributed by atoms with Gasteiger partial charge in [-0.2, -0.15) is 0 Å². The van der Waals surface area contributed by atoms with Crippen LogP contribution >= 0.6 is 0 Å². The summed E-state index contributed by atoms with van der Waals surface area (Å²) < 4.78 is 25.7. The van der Waals surface area contributed by atoms with Crippen LogP contribution in [0.25, 0.3) is 0 Å². The van der Waals surface area contributed by atoms with Crippen molar-refractivity contribution in [1.82, 2.24) is 9.55 Å². The molecule has 1 N–H and O–H groups in total. The van der Waals surface area contributed by atoms with Crippen LogP contribution in [0.3, 0.4) is 0 Å². The van der Waals surface area contributed by atoms with Gasteiger partial charge in [0.05, 0.1) is 43.6 Å². The number of aromatic amines is 1. The molecule has 8 nitrogen and oxygen atoms in total. The van der Waals surface area contributed by atoms with E-state index < -0.39 is 11.8 Å². The molecule has 0 aliphatic carbocycles. The van der Waals surface area contributed by atoms with Gasteiger partial charge < -0.3 is 23.9 Å². The normalized spacial score (nSPS) is 17.0. The van der Waals surface area contributed by atoms with E-state index in [1.54, 1.807) is 0 Å². The molecule has 1 saturated heterocycles. The van der Waals surface area contributed by atoms with Crippen LogP contribution in [0.1, 0.15) is 154 Å². The Labute approximate surface area is 283 Å². The highest BCUT2D eigenvalue weighted by Crippen LogP contribution is 2.25. The van der Waals surface area contributed by atoms with Crippen molar-refractivity contribution in [2.24, 2.45) is 0 Å². The number of nitrogens with zero attached hydrogens (tertiary/aromatic N) is 1. The number of unbranched alkanes of at least 4 members (excludes halogenated alkanes) is 12. The Morgan fingerprint density at radius 3 is 2.17 bits per heavy atom. The van der Waals surface area contributed by atoms with Crippen LogP contribution in [0.15, 0.2) is 46.1 Å². The highest BCUT2D eigenvalue weighted by molar-refractivity contribution is 5.13. The van der Waals surface area contributed by atoms with Crippen LogP contribution in [-0.2, 0) is 32.1 Å². The molecule has 0 saturated carbocycles. The zero-order valence-corrected chi connectivity index (χ0v) is 29.7. The van der Waals surface area contributed by atoms with Gasteiger partial charge in [-0.05, 0) is 44.6 Å². The largest absolute Gasteiger partial charge is 0.371 e. The summed E-state index contributed by atoms with van der Waals surface area (Å²) in [5.41, 5.74) is 0.818. The Morgan fingerprint density at radius 2 is 1.55 bits per heavy atom. The van der Waals surface area contributed by atoms with E-state index in [1.165, 1.54) is 81.4 Å². The molecule has 1 aromatic heterocycles. The van der Waals surface area contributed by atoms with Crippen molar-refractivity contribution in [3.8, 4) is 0 Å². The minimum atomic E-state index is -0.456. The maximum atomic E-state index is 13.6. The minimum absolute atomic E-state index is 0.157. The van der Waals surface area contributed by atoms with E-state index in [4.69, 9.17) is 18.9 Å². The van der Waals surface area contributed by atoms with Crippen molar-refractivity contribution in [1.29, 1.82) is 0 Å². The Balaban J connectivity index is 1.53. The van der Waals surface area contributed by atoms with Gasteiger partial charge in [-0.25, -0.2) is 4.79 Å². The zero-order chi connectivity index (χ0) is 33.5. The van der Waals surface area contributed by atoms with Gasteiger partial charge in [-0.1, -0.05) is 128 Å². The fourth-order valence-corrected chi connectivity index (χ4v) is 6.37. The highest BCUT2D eigenvalue weighted by Gasteiger charge is 2.26. The smallest absolute Gasteiger partial charge is 0.328 e. The summed E-state index contributed by atoms with van der Waals surface area (Å²) in [6.07, 6.45) is 21.9. The molecule has 4 atom stereocenters. The SMILES string of the molecule is CCCCCCCCCCCCCCCC(OC(CC)c1c[nH]c(=O)n(CCOC2CCCCO2)c1=O)C(C)OCc1ccccc1. The first-order valence-corrected chi connectivity index (χ1v) is 18.9. The fourth-order valence-electron chi connectivity index (χ4n) is 6.37. The Hall–Kier alpha value is -2.26. The predicted molar refractivity (Wildman–Crippen MR) is 190 cm³/mol. The summed E-state index contributed by atoms with van der Waals surface area (Å²) in [5, 5.41) is 0. The lowest BCUT2D eigenvalue weighted by Crippen LogP contribution is -2.40. The summed E-state index contributed by atoms with van der Waals surface area (Å²) in [7, 11) is 0. The third-order valence-electron chi connectivity index (χ3n) is 9.37. The molecule has 4 unspecified atom stereocenters. The standard InChI is InChI=1S/C39H64N2O6/c1-4-6-7-8-9-10-11-12-13-14-15-16-20-25-36(32(3)46-31-33-23-18-17-19-24-33)47-35(5-2)34-30-40-39(43)41(38(34)42)27-29-45-37-26-21-22-28-44-37/h17-19,23-24,30,32,35-37H,4-16,20-22,25-29,31H2,1-3H3,(H,40,43). The predicted octanol–water partition coefficient (Wildman–Crippen LogP) is 9.00. The first-order valence-electron chi connectivity index (χ1n) is 18.9. The molecule has 0 spiro atoms. The van der Waals surface area contributed by atoms with Crippen molar-refractivity contribution >= 4 is 0 Å². The third kappa shape index (κ3) is 15.2. The lowest BCUT2D eigenvalue weighted by Gasteiger charge is -2.29. The lowest BCUT2D eigenvalue weighted by atomic mass is 10.0. The van der Waals surface area contributed by atoms with Gasteiger partial charge in [0, 0.05) is 12.8 Å². The van der Waals surface area contributed by atoms with Crippen LogP contribution in [0, 0.1) is 0 Å². The first-order chi connectivity index (χ1) is 23.0. The van der Waals surface area contributed by atoms with E-state index in [0.717, 1.165) is 44.1 Å². The highest BCUT2D eigenvalue weighted by atomic mass is 16.7. The lowest BCUT2D eigenvalue weighted by molar-refractivity contribution is -0.163. The first kappa shape index (κ1) is 39.2. The quantitative estimate of drug-likeness (QED) is 0.102. The van der Waals surface area contributed by atoms with Crippen LogP contribution < -0.4 is 11.2 Å². The van der Waals surface area contributed by atoms with Gasteiger partial charge in [0.25, 0.3) is 5.56 Å². The Morgan fingerprint density at radius 1 is 0.894 bits per heavy atom. The van der Waals surface area contributed by atoms with Crippen LogP contribution in [0.4, 0.5) is 0 Å². The number of nitrogens with one attached hydrogen (secondary N) is 1. The number of rotatable bonds is 26. The second-order valence-corrected chi connectivity index (χ2v) is 13.3. The van der Waals surface area contributed by atoms with E-state index in [0.29, 0.717) is 25.2 Å². The summed E-state index contributed by atoms with van der Waals surface area (Å²) >= 11 is 0. The molecule has 8 heteroatoms. The number of hydrogen-bond acceptors (Lipinski definition) is 6. The van der Waals surface area contributed by atoms with Gasteiger partial charge in [-0.3, -0.25) is 9.36 Å². The average molecular weight is 657 g/mol. The summed E-state index contributed by atoms with van der Waals surface area (Å²) in [5.74, 6) is 0. The van der Waals surface area contributed by atoms with Gasteiger partial charge in [0.1, 0.15) is 0 Å². The molecule has 0 amide bonds. The van der Waals surface area contributed by atoms with E-state index in [9.17, 15) is 9.59 Å². The molecule has 2 aromatic rings. The minimum Gasteiger partial charge on any atom is -0.371 e. The van der Waals surface area contributed by atoms with Gasteiger partial charge in [0.15, 0.2) is 6.29 Å². The van der Waals surface area contributed by atoms with E-state index in [2.05, 4.69) is 31.0 Å². The molecule has 1 aromatic carbocycles. The van der Waals surface area contributed by atoms with Crippen LogP contribution in [0.5, 0.6) is 0 Å². The van der Waals surface area contributed by atoms with E-state index in [1.807, 2.05) is 25.1 Å². The number of hydrogen-bond donors (Lipinski definition) is 1. The second-order valence-electron chi connectivity index (χ2n) is 13.3. The van der Waals surface area contributed by atoms with Gasteiger partial charge >= 0.3 is 5.69 Å². The molecule has 1 aliphatic heterocycles. The number of aromatic nitrogens is 2. The molecule has 1 fully saturated rings. The average Bonchev–Trinajstić information content (AvgIpc) is 3.10. The molecule has 0 radical (unpaired) electrons. The van der Waals surface area contributed by atoms with Crippen LogP contribution in [0.2, 0.25) is 0 Å². The molecule has 0 bridgehead atoms. The number of benzene rings is 1. The van der Waals surface area contributed by atoms with Gasteiger partial charge in [-0.15, -0.1) is 0 Å². The number of ether oxygens (including phenoxy) is 4. The Kier molecular flexibility index (Phi) is 20.0.